The Morgan fingerprint density at radius 1 is 0.850 bits per heavy atom. The number of aromatic nitrogens is 5. The summed E-state index contributed by atoms with van der Waals surface area (Å²) < 4.78 is 2.00. The van der Waals surface area contributed by atoms with Gasteiger partial charge in [0.25, 0.3) is 5.91 Å². The van der Waals surface area contributed by atoms with Gasteiger partial charge in [-0.25, -0.2) is 4.98 Å². The van der Waals surface area contributed by atoms with Crippen LogP contribution in [0, 0.1) is 13.8 Å². The maximum Gasteiger partial charge on any atom is 0.253 e. The summed E-state index contributed by atoms with van der Waals surface area (Å²) in [6, 6.07) is 10.2. The van der Waals surface area contributed by atoms with E-state index in [1.165, 1.54) is 18.4 Å². The molecule has 5 heterocycles. The summed E-state index contributed by atoms with van der Waals surface area (Å²) in [4.78, 5) is 34.1. The molecule has 40 heavy (non-hydrogen) atoms. The van der Waals surface area contributed by atoms with Gasteiger partial charge in [-0.15, -0.1) is 0 Å². The summed E-state index contributed by atoms with van der Waals surface area (Å²) in [6.07, 6.45) is 6.03. The van der Waals surface area contributed by atoms with Crippen molar-refractivity contribution in [2.24, 2.45) is 0 Å². The van der Waals surface area contributed by atoms with Gasteiger partial charge in [-0.3, -0.25) is 9.48 Å². The van der Waals surface area contributed by atoms with Gasteiger partial charge in [0, 0.05) is 74.6 Å². The van der Waals surface area contributed by atoms with Crippen molar-refractivity contribution in [2.75, 3.05) is 54.4 Å². The van der Waals surface area contributed by atoms with Crippen LogP contribution in [0.25, 0.3) is 10.9 Å². The summed E-state index contributed by atoms with van der Waals surface area (Å²) >= 11 is 0. The first-order valence-electron chi connectivity index (χ1n) is 14.2. The molecule has 2 saturated heterocycles. The molecule has 0 atom stereocenters. The molecule has 0 bridgehead atoms. The van der Waals surface area contributed by atoms with Crippen LogP contribution in [0.1, 0.15) is 54.2 Å². The van der Waals surface area contributed by atoms with E-state index in [-0.39, 0.29) is 11.9 Å². The van der Waals surface area contributed by atoms with Gasteiger partial charge >= 0.3 is 0 Å². The fraction of sp³-hybridized carbons (Fsp3) is 0.433. The molecule has 208 valence electrons. The monoisotopic (exact) mass is 539 g/mol. The predicted octanol–water partition coefficient (Wildman–Crippen LogP) is 4.73. The first-order chi connectivity index (χ1) is 19.4. The summed E-state index contributed by atoms with van der Waals surface area (Å²) in [5.74, 6) is 3.11. The van der Waals surface area contributed by atoms with E-state index in [0.29, 0.717) is 37.9 Å². The number of piperazine rings is 1. The number of nitrogens with one attached hydrogen (secondary N) is 1. The molecule has 0 radical (unpaired) electrons. The van der Waals surface area contributed by atoms with E-state index in [1.54, 1.807) is 0 Å². The fourth-order valence-corrected chi connectivity index (χ4v) is 5.45. The number of fused-ring (bicyclic) bond motifs is 1. The Balaban J connectivity index is 1.23. The van der Waals surface area contributed by atoms with Crippen molar-refractivity contribution in [2.45, 2.75) is 46.6 Å². The standard InChI is InChI=1S/C30H37N9O/c1-20(2)39-25-16-26(31-18-24(25)19-32-39)33-27-17-28(36-9-5-6-10-36)35-30(34-27)38-13-11-37(12-14-38)29(40)23-8-7-21(3)22(4)15-23/h7-8,15-20H,5-6,9-14H2,1-4H3,(H,31,33,34,35). The Kier molecular flexibility index (Phi) is 7.00. The van der Waals surface area contributed by atoms with Gasteiger partial charge in [-0.1, -0.05) is 6.07 Å². The topological polar surface area (TPSA) is 95.3 Å². The van der Waals surface area contributed by atoms with Crippen molar-refractivity contribution < 1.29 is 4.79 Å². The van der Waals surface area contributed by atoms with Crippen molar-refractivity contribution >= 4 is 40.2 Å². The van der Waals surface area contributed by atoms with Crippen LogP contribution >= 0.6 is 0 Å². The number of nitrogens with zero attached hydrogens (tertiary/aromatic N) is 8. The van der Waals surface area contributed by atoms with Gasteiger partial charge in [0.15, 0.2) is 0 Å². The van der Waals surface area contributed by atoms with Crippen molar-refractivity contribution in [3.05, 3.63) is 59.4 Å². The van der Waals surface area contributed by atoms with Crippen LogP contribution in [0.2, 0.25) is 0 Å². The smallest absolute Gasteiger partial charge is 0.253 e. The third-order valence-electron chi connectivity index (χ3n) is 7.96. The summed E-state index contributed by atoms with van der Waals surface area (Å²) in [6.45, 7) is 12.9. The van der Waals surface area contributed by atoms with Crippen LogP contribution in [-0.4, -0.2) is 74.8 Å². The summed E-state index contributed by atoms with van der Waals surface area (Å²) in [5, 5.41) is 8.95. The van der Waals surface area contributed by atoms with Crippen LogP contribution < -0.4 is 15.1 Å². The van der Waals surface area contributed by atoms with Crippen LogP contribution in [0.5, 0.6) is 0 Å². The Bertz CT molecular complexity index is 1530. The van der Waals surface area contributed by atoms with E-state index < -0.39 is 0 Å². The Hall–Kier alpha value is -4.21. The predicted molar refractivity (Wildman–Crippen MR) is 159 cm³/mol. The number of amides is 1. The quantitative estimate of drug-likeness (QED) is 0.376. The highest BCUT2D eigenvalue weighted by Crippen LogP contribution is 2.27. The molecular formula is C30H37N9O. The highest BCUT2D eigenvalue weighted by Gasteiger charge is 2.25. The minimum absolute atomic E-state index is 0.0824. The van der Waals surface area contributed by atoms with Crippen LogP contribution in [0.3, 0.4) is 0 Å². The third-order valence-corrected chi connectivity index (χ3v) is 7.96. The Morgan fingerprint density at radius 2 is 1.62 bits per heavy atom. The highest BCUT2D eigenvalue weighted by molar-refractivity contribution is 5.94. The van der Waals surface area contributed by atoms with Crippen molar-refractivity contribution in [3.8, 4) is 0 Å². The molecule has 10 nitrogen and oxygen atoms in total. The zero-order valence-electron chi connectivity index (χ0n) is 23.8. The van der Waals surface area contributed by atoms with E-state index in [9.17, 15) is 4.79 Å². The van der Waals surface area contributed by atoms with E-state index in [2.05, 4.69) is 46.0 Å². The Morgan fingerprint density at radius 3 is 2.35 bits per heavy atom. The van der Waals surface area contributed by atoms with Gasteiger partial charge in [0.1, 0.15) is 17.5 Å². The van der Waals surface area contributed by atoms with Gasteiger partial charge in [0.2, 0.25) is 5.95 Å². The van der Waals surface area contributed by atoms with Crippen molar-refractivity contribution in [1.82, 2.24) is 29.6 Å². The molecule has 6 rings (SSSR count). The van der Waals surface area contributed by atoms with Crippen LogP contribution in [0.15, 0.2) is 42.7 Å². The molecule has 1 aromatic carbocycles. The second-order valence-corrected chi connectivity index (χ2v) is 11.1. The average molecular weight is 540 g/mol. The molecule has 0 spiro atoms. The lowest BCUT2D eigenvalue weighted by Crippen LogP contribution is -2.49. The molecule has 0 saturated carbocycles. The number of carbonyl (C=O) groups is 1. The molecule has 1 amide bonds. The summed E-state index contributed by atoms with van der Waals surface area (Å²) in [7, 11) is 0. The second-order valence-electron chi connectivity index (χ2n) is 11.1. The molecule has 2 fully saturated rings. The minimum Gasteiger partial charge on any atom is -0.356 e. The Labute approximate surface area is 235 Å². The lowest BCUT2D eigenvalue weighted by Gasteiger charge is -2.35. The molecule has 4 aromatic rings. The maximum atomic E-state index is 13.2. The number of carbonyl (C=O) groups excluding carboxylic acids is 1. The number of hydrogen-bond donors (Lipinski definition) is 1. The molecule has 2 aliphatic heterocycles. The second kappa shape index (κ2) is 10.7. The first kappa shape index (κ1) is 26.0. The first-order valence-corrected chi connectivity index (χ1v) is 14.2. The van der Waals surface area contributed by atoms with Gasteiger partial charge in [-0.2, -0.15) is 15.1 Å². The molecule has 0 unspecified atom stereocenters. The largest absolute Gasteiger partial charge is 0.356 e. The molecule has 10 heteroatoms. The van der Waals surface area contributed by atoms with E-state index in [4.69, 9.17) is 9.97 Å². The summed E-state index contributed by atoms with van der Waals surface area (Å²) in [5.41, 5.74) is 4.12. The molecular weight excluding hydrogens is 502 g/mol. The number of aryl methyl sites for hydroxylation is 2. The van der Waals surface area contributed by atoms with Gasteiger partial charge < -0.3 is 20.0 Å². The fourth-order valence-electron chi connectivity index (χ4n) is 5.45. The van der Waals surface area contributed by atoms with Crippen molar-refractivity contribution in [3.63, 3.8) is 0 Å². The number of anilines is 4. The van der Waals surface area contributed by atoms with Crippen LogP contribution in [-0.2, 0) is 0 Å². The van der Waals surface area contributed by atoms with Gasteiger partial charge in [0.05, 0.1) is 11.7 Å². The lowest BCUT2D eigenvalue weighted by atomic mass is 10.1. The lowest BCUT2D eigenvalue weighted by molar-refractivity contribution is 0.0746. The zero-order valence-corrected chi connectivity index (χ0v) is 23.8. The molecule has 1 N–H and O–H groups in total. The van der Waals surface area contributed by atoms with E-state index in [1.807, 2.05) is 59.2 Å². The molecule has 2 aliphatic rings. The van der Waals surface area contributed by atoms with Gasteiger partial charge in [-0.05, 0) is 63.8 Å². The van der Waals surface area contributed by atoms with Crippen LogP contribution in [0.4, 0.5) is 23.4 Å². The maximum absolute atomic E-state index is 13.2. The van der Waals surface area contributed by atoms with E-state index in [0.717, 1.165) is 46.8 Å². The number of pyridine rings is 1. The molecule has 0 aliphatic carbocycles. The van der Waals surface area contributed by atoms with Crippen molar-refractivity contribution in [1.29, 1.82) is 0 Å². The third kappa shape index (κ3) is 5.17. The van der Waals surface area contributed by atoms with E-state index >= 15 is 0 Å². The minimum atomic E-state index is 0.0824. The average Bonchev–Trinajstić information content (AvgIpc) is 3.65. The number of hydrogen-bond acceptors (Lipinski definition) is 8. The normalized spacial score (nSPS) is 15.9. The SMILES string of the molecule is Cc1ccc(C(=O)N2CCN(c3nc(Nc4cc5c(cn4)cnn5C(C)C)cc(N4CCCC4)n3)CC2)cc1C. The number of benzene rings is 1. The highest BCUT2D eigenvalue weighted by atomic mass is 16.2. The number of rotatable bonds is 6. The zero-order chi connectivity index (χ0) is 27.8. The molecule has 3 aromatic heterocycles.